The second-order valence-electron chi connectivity index (χ2n) is 4.59. The Morgan fingerprint density at radius 3 is 2.41 bits per heavy atom. The van der Waals surface area contributed by atoms with Crippen molar-refractivity contribution in [2.75, 3.05) is 11.5 Å². The van der Waals surface area contributed by atoms with Gasteiger partial charge < -0.3 is 5.11 Å². The molecule has 0 spiro atoms. The Labute approximate surface area is 100 Å². The van der Waals surface area contributed by atoms with Crippen LogP contribution in [0.25, 0.3) is 0 Å². The predicted octanol–water partition coefficient (Wildman–Crippen LogP) is 1.12. The highest BCUT2D eigenvalue weighted by Gasteiger charge is 2.48. The highest BCUT2D eigenvalue weighted by Crippen LogP contribution is 2.36. The average molecular weight is 254 g/mol. The summed E-state index contributed by atoms with van der Waals surface area (Å²) < 4.78 is 23.0. The molecule has 0 aromatic heterocycles. The van der Waals surface area contributed by atoms with Crippen LogP contribution in [-0.4, -0.2) is 31.0 Å². The summed E-state index contributed by atoms with van der Waals surface area (Å²) in [5.74, 6) is -1.28. The first-order valence-corrected chi connectivity index (χ1v) is 7.23. The third-order valence-electron chi connectivity index (χ3n) is 3.23. The number of aliphatic carboxylic acids is 1. The summed E-state index contributed by atoms with van der Waals surface area (Å²) in [4.78, 5) is 11.4. The minimum atomic E-state index is -3.20. The zero-order valence-electron chi connectivity index (χ0n) is 9.30. The topological polar surface area (TPSA) is 71.4 Å². The molecular weight excluding hydrogens is 240 g/mol. The molecule has 1 aliphatic rings. The van der Waals surface area contributed by atoms with Gasteiger partial charge in [0.25, 0.3) is 0 Å². The van der Waals surface area contributed by atoms with Gasteiger partial charge in [-0.25, -0.2) is 8.42 Å². The molecule has 4 nitrogen and oxygen atoms in total. The van der Waals surface area contributed by atoms with E-state index in [2.05, 4.69) is 0 Å². The fourth-order valence-electron chi connectivity index (χ4n) is 2.29. The Kier molecular flexibility index (Phi) is 2.95. The molecule has 2 rings (SSSR count). The molecule has 1 atom stereocenters. The summed E-state index contributed by atoms with van der Waals surface area (Å²) in [6.45, 7) is 0. The van der Waals surface area contributed by atoms with Crippen LogP contribution in [0.2, 0.25) is 0 Å². The van der Waals surface area contributed by atoms with E-state index in [1.54, 1.807) is 0 Å². The average Bonchev–Trinajstić information content (AvgIpc) is 2.57. The van der Waals surface area contributed by atoms with Crippen LogP contribution in [0.3, 0.4) is 0 Å². The van der Waals surface area contributed by atoms with Gasteiger partial charge in [-0.2, -0.15) is 0 Å². The van der Waals surface area contributed by atoms with Gasteiger partial charge in [0.2, 0.25) is 0 Å². The van der Waals surface area contributed by atoms with E-state index in [4.69, 9.17) is 0 Å². The van der Waals surface area contributed by atoms with E-state index in [0.29, 0.717) is 0 Å². The van der Waals surface area contributed by atoms with Crippen LogP contribution in [0.1, 0.15) is 12.0 Å². The summed E-state index contributed by atoms with van der Waals surface area (Å²) in [5.41, 5.74) is -0.271. The van der Waals surface area contributed by atoms with E-state index in [1.807, 2.05) is 30.3 Å². The van der Waals surface area contributed by atoms with E-state index in [9.17, 15) is 18.3 Å². The van der Waals surface area contributed by atoms with Crippen LogP contribution in [-0.2, 0) is 21.1 Å². The number of carbonyl (C=O) groups is 1. The van der Waals surface area contributed by atoms with Crippen LogP contribution < -0.4 is 0 Å². The summed E-state index contributed by atoms with van der Waals surface area (Å²) in [7, 11) is -3.20. The van der Waals surface area contributed by atoms with Crippen molar-refractivity contribution in [1.82, 2.24) is 0 Å². The summed E-state index contributed by atoms with van der Waals surface area (Å²) in [6.07, 6.45) is 0.488. The zero-order valence-corrected chi connectivity index (χ0v) is 10.1. The number of hydrogen-bond donors (Lipinski definition) is 1. The van der Waals surface area contributed by atoms with Gasteiger partial charge in [0.05, 0.1) is 16.9 Å². The van der Waals surface area contributed by atoms with Crippen molar-refractivity contribution >= 4 is 15.8 Å². The van der Waals surface area contributed by atoms with Gasteiger partial charge in [-0.05, 0) is 18.4 Å². The molecule has 1 N–H and O–H groups in total. The summed E-state index contributed by atoms with van der Waals surface area (Å²) in [5, 5.41) is 9.29. The van der Waals surface area contributed by atoms with Crippen molar-refractivity contribution in [2.45, 2.75) is 12.8 Å². The number of hydrogen-bond acceptors (Lipinski definition) is 3. The van der Waals surface area contributed by atoms with E-state index < -0.39 is 21.2 Å². The Morgan fingerprint density at radius 2 is 1.94 bits per heavy atom. The lowest BCUT2D eigenvalue weighted by Gasteiger charge is -2.22. The van der Waals surface area contributed by atoms with Crippen molar-refractivity contribution < 1.29 is 18.3 Å². The van der Waals surface area contributed by atoms with Gasteiger partial charge in [-0.3, -0.25) is 4.79 Å². The molecule has 1 aromatic carbocycles. The number of benzene rings is 1. The Morgan fingerprint density at radius 1 is 1.29 bits per heavy atom. The monoisotopic (exact) mass is 254 g/mol. The molecule has 17 heavy (non-hydrogen) atoms. The third-order valence-corrected chi connectivity index (χ3v) is 5.05. The molecule has 0 amide bonds. The molecule has 1 unspecified atom stereocenters. The molecule has 1 aromatic rings. The molecule has 1 fully saturated rings. The molecule has 1 saturated heterocycles. The van der Waals surface area contributed by atoms with Gasteiger partial charge >= 0.3 is 5.97 Å². The summed E-state index contributed by atoms with van der Waals surface area (Å²) in [6, 6.07) is 9.16. The number of rotatable bonds is 3. The Bertz CT molecular complexity index is 521. The maximum atomic E-state index is 11.5. The second-order valence-corrected chi connectivity index (χ2v) is 6.77. The highest BCUT2D eigenvalue weighted by atomic mass is 32.2. The van der Waals surface area contributed by atoms with Crippen molar-refractivity contribution in [3.8, 4) is 0 Å². The fraction of sp³-hybridized carbons (Fsp3) is 0.417. The van der Waals surface area contributed by atoms with Gasteiger partial charge in [0, 0.05) is 0 Å². The van der Waals surface area contributed by atoms with Gasteiger partial charge in [0.15, 0.2) is 9.84 Å². The SMILES string of the molecule is O=C(O)C1(Cc2ccccc2)CCS(=O)(=O)C1. The minimum Gasteiger partial charge on any atom is -0.481 e. The van der Waals surface area contributed by atoms with E-state index in [-0.39, 0.29) is 24.3 Å². The predicted molar refractivity (Wildman–Crippen MR) is 63.5 cm³/mol. The first kappa shape index (κ1) is 12.1. The maximum Gasteiger partial charge on any atom is 0.311 e. The van der Waals surface area contributed by atoms with Gasteiger partial charge in [-0.15, -0.1) is 0 Å². The zero-order chi connectivity index (χ0) is 12.5. The molecule has 5 heteroatoms. The van der Waals surface area contributed by atoms with E-state index in [0.717, 1.165) is 5.56 Å². The molecule has 0 bridgehead atoms. The molecule has 0 radical (unpaired) electrons. The smallest absolute Gasteiger partial charge is 0.311 e. The fourth-order valence-corrected chi connectivity index (χ4v) is 4.34. The lowest BCUT2D eigenvalue weighted by atomic mass is 9.81. The van der Waals surface area contributed by atoms with Gasteiger partial charge in [-0.1, -0.05) is 30.3 Å². The minimum absolute atomic E-state index is 0.0217. The summed E-state index contributed by atoms with van der Waals surface area (Å²) >= 11 is 0. The lowest BCUT2D eigenvalue weighted by molar-refractivity contribution is -0.147. The quantitative estimate of drug-likeness (QED) is 0.877. The molecule has 0 aliphatic carbocycles. The number of carboxylic acid groups (broad SMARTS) is 1. The van der Waals surface area contributed by atoms with Crippen molar-refractivity contribution in [3.05, 3.63) is 35.9 Å². The van der Waals surface area contributed by atoms with Crippen molar-refractivity contribution in [1.29, 1.82) is 0 Å². The highest BCUT2D eigenvalue weighted by molar-refractivity contribution is 7.91. The lowest BCUT2D eigenvalue weighted by Crippen LogP contribution is -2.34. The molecule has 1 aliphatic heterocycles. The van der Waals surface area contributed by atoms with Crippen molar-refractivity contribution in [3.63, 3.8) is 0 Å². The van der Waals surface area contributed by atoms with Crippen LogP contribution in [0.4, 0.5) is 0 Å². The van der Waals surface area contributed by atoms with Crippen LogP contribution >= 0.6 is 0 Å². The standard InChI is InChI=1S/C12H14O4S/c13-11(14)12(6-7-17(15,16)9-12)8-10-4-2-1-3-5-10/h1-5H,6-9H2,(H,13,14). The number of sulfone groups is 1. The second kappa shape index (κ2) is 4.14. The Hall–Kier alpha value is -1.36. The normalized spacial score (nSPS) is 26.8. The molecule has 1 heterocycles. The molecule has 0 saturated carbocycles. The largest absolute Gasteiger partial charge is 0.481 e. The first-order valence-electron chi connectivity index (χ1n) is 5.41. The molecule has 92 valence electrons. The van der Waals surface area contributed by atoms with Gasteiger partial charge in [0.1, 0.15) is 0 Å². The van der Waals surface area contributed by atoms with E-state index >= 15 is 0 Å². The Balaban J connectivity index is 2.29. The third kappa shape index (κ3) is 2.49. The number of carboxylic acids is 1. The first-order chi connectivity index (χ1) is 7.94. The van der Waals surface area contributed by atoms with E-state index in [1.165, 1.54) is 0 Å². The van der Waals surface area contributed by atoms with Crippen LogP contribution in [0.15, 0.2) is 30.3 Å². The molecular formula is C12H14O4S. The van der Waals surface area contributed by atoms with Crippen LogP contribution in [0.5, 0.6) is 0 Å². The maximum absolute atomic E-state index is 11.5. The van der Waals surface area contributed by atoms with Crippen LogP contribution in [0, 0.1) is 5.41 Å². The van der Waals surface area contributed by atoms with Crippen molar-refractivity contribution in [2.24, 2.45) is 5.41 Å².